The second-order valence-electron chi connectivity index (χ2n) is 7.94. The van der Waals surface area contributed by atoms with Crippen LogP contribution in [0.15, 0.2) is 24.3 Å². The molecule has 0 aliphatic carbocycles. The minimum absolute atomic E-state index is 0. The Kier molecular flexibility index (Phi) is 8.61. The molecule has 0 bridgehead atoms. The van der Waals surface area contributed by atoms with Crippen LogP contribution in [0.1, 0.15) is 37.7 Å². The van der Waals surface area contributed by atoms with Crippen LogP contribution in [-0.4, -0.2) is 57.5 Å². The Bertz CT molecular complexity index is 689. The number of hydrogen-bond acceptors (Lipinski definition) is 4. The number of piperidine rings is 2. The lowest BCUT2D eigenvalue weighted by Gasteiger charge is -2.51. The van der Waals surface area contributed by atoms with Gasteiger partial charge in [-0.05, 0) is 37.8 Å². The molecule has 2 saturated heterocycles. The number of quaternary nitrogens is 1. The molecule has 3 atom stereocenters. The van der Waals surface area contributed by atoms with E-state index < -0.39 is 0 Å². The van der Waals surface area contributed by atoms with Crippen molar-refractivity contribution in [1.82, 2.24) is 0 Å². The normalized spacial score (nSPS) is 26.8. The maximum Gasteiger partial charge on any atom is 0.330 e. The maximum atomic E-state index is 12.3. The lowest BCUT2D eigenvalue weighted by molar-refractivity contribution is -0.947. The number of carbonyl (C=O) groups excluding carboxylic acids is 1. The van der Waals surface area contributed by atoms with Gasteiger partial charge in [0.2, 0.25) is 0 Å². The van der Waals surface area contributed by atoms with Gasteiger partial charge in [-0.15, -0.1) is 0 Å². The van der Waals surface area contributed by atoms with Gasteiger partial charge in [0.05, 0.1) is 40.4 Å². The van der Waals surface area contributed by atoms with Crippen LogP contribution in [-0.2, 0) is 9.53 Å². The summed E-state index contributed by atoms with van der Waals surface area (Å²) in [6.07, 6.45) is 9.49. The number of halogens is 1. The first-order chi connectivity index (χ1) is 13.1. The zero-order valence-electron chi connectivity index (χ0n) is 17.2. The Morgan fingerprint density at radius 2 is 1.93 bits per heavy atom. The zero-order chi connectivity index (χ0) is 19.3. The highest BCUT2D eigenvalue weighted by Crippen LogP contribution is 2.36. The molecule has 1 aromatic rings. The summed E-state index contributed by atoms with van der Waals surface area (Å²) in [7, 11) is 5.57. The molecule has 3 rings (SSSR count). The number of esters is 1. The number of benzene rings is 1. The van der Waals surface area contributed by atoms with Gasteiger partial charge < -0.3 is 42.7 Å². The number of ether oxygens (including phenoxy) is 3. The van der Waals surface area contributed by atoms with E-state index in [-0.39, 0.29) is 29.9 Å². The van der Waals surface area contributed by atoms with Crippen LogP contribution in [0, 0.1) is 5.92 Å². The second-order valence-corrected chi connectivity index (χ2v) is 7.94. The standard InChI is InChI=1S/C22H32NO4.HI/c1-23-14-5-4-10-19(23)18(9-7-15-23)16-27-21(24)13-12-17-8-6-11-20(25-2)22(17)26-3;/h6,8,11-13,18-19H,4-5,7,9-10,14-16H2,1-3H3;1H/q+1;/p-1/b13-12+;/t18-,19+,23?;/m0./s1. The van der Waals surface area contributed by atoms with Crippen LogP contribution in [0.5, 0.6) is 11.5 Å². The highest BCUT2D eigenvalue weighted by atomic mass is 127. The summed E-state index contributed by atoms with van der Waals surface area (Å²) in [5, 5.41) is 0. The summed E-state index contributed by atoms with van der Waals surface area (Å²) in [6, 6.07) is 6.23. The molecule has 1 aromatic carbocycles. The summed E-state index contributed by atoms with van der Waals surface area (Å²) in [4.78, 5) is 12.3. The van der Waals surface area contributed by atoms with Crippen molar-refractivity contribution in [2.24, 2.45) is 5.92 Å². The van der Waals surface area contributed by atoms with E-state index in [2.05, 4.69) is 7.05 Å². The van der Waals surface area contributed by atoms with Crippen LogP contribution < -0.4 is 33.5 Å². The lowest BCUT2D eigenvalue weighted by atomic mass is 9.82. The van der Waals surface area contributed by atoms with Gasteiger partial charge in [0, 0.05) is 24.0 Å². The molecule has 1 unspecified atom stereocenters. The molecule has 0 spiro atoms. The van der Waals surface area contributed by atoms with E-state index in [1.165, 1.54) is 55.8 Å². The van der Waals surface area contributed by atoms with Crippen LogP contribution in [0.2, 0.25) is 0 Å². The first-order valence-corrected chi connectivity index (χ1v) is 9.97. The monoisotopic (exact) mass is 501 g/mol. The van der Waals surface area contributed by atoms with E-state index in [1.807, 2.05) is 18.2 Å². The minimum atomic E-state index is -0.296. The van der Waals surface area contributed by atoms with E-state index >= 15 is 0 Å². The fourth-order valence-electron chi connectivity index (χ4n) is 4.87. The quantitative estimate of drug-likeness (QED) is 0.249. The van der Waals surface area contributed by atoms with E-state index in [4.69, 9.17) is 14.2 Å². The van der Waals surface area contributed by atoms with Crippen molar-refractivity contribution in [2.75, 3.05) is 41.0 Å². The van der Waals surface area contributed by atoms with Crippen LogP contribution in [0.25, 0.3) is 6.08 Å². The molecule has 28 heavy (non-hydrogen) atoms. The highest BCUT2D eigenvalue weighted by molar-refractivity contribution is 5.87. The Hall–Kier alpha value is -1.28. The Labute approximate surface area is 185 Å². The first-order valence-electron chi connectivity index (χ1n) is 9.97. The number of nitrogens with zero attached hydrogens (tertiary/aromatic N) is 1. The van der Waals surface area contributed by atoms with Gasteiger partial charge in [-0.1, -0.05) is 12.1 Å². The van der Waals surface area contributed by atoms with Gasteiger partial charge in [0.25, 0.3) is 0 Å². The molecular formula is C22H32INO4. The first kappa shape index (κ1) is 23.0. The Morgan fingerprint density at radius 3 is 2.68 bits per heavy atom. The molecule has 2 aliphatic heterocycles. The molecule has 0 amide bonds. The van der Waals surface area contributed by atoms with Gasteiger partial charge in [-0.25, -0.2) is 4.79 Å². The molecular weight excluding hydrogens is 469 g/mol. The van der Waals surface area contributed by atoms with Gasteiger partial charge in [0.15, 0.2) is 11.5 Å². The van der Waals surface area contributed by atoms with Crippen LogP contribution in [0.4, 0.5) is 0 Å². The minimum Gasteiger partial charge on any atom is -1.00 e. The van der Waals surface area contributed by atoms with E-state index in [0.29, 0.717) is 30.1 Å². The van der Waals surface area contributed by atoms with Gasteiger partial charge in [-0.3, -0.25) is 0 Å². The molecule has 6 heteroatoms. The summed E-state index contributed by atoms with van der Waals surface area (Å²) in [5.41, 5.74) is 0.794. The Morgan fingerprint density at radius 1 is 1.14 bits per heavy atom. The van der Waals surface area contributed by atoms with Crippen LogP contribution >= 0.6 is 0 Å². The van der Waals surface area contributed by atoms with Gasteiger partial charge in [-0.2, -0.15) is 0 Å². The smallest absolute Gasteiger partial charge is 0.330 e. The second kappa shape index (κ2) is 10.5. The number of para-hydroxylation sites is 1. The third-order valence-corrected chi connectivity index (χ3v) is 6.28. The van der Waals surface area contributed by atoms with Crippen molar-refractivity contribution in [2.45, 2.75) is 38.1 Å². The van der Waals surface area contributed by atoms with Crippen molar-refractivity contribution >= 4 is 12.0 Å². The van der Waals surface area contributed by atoms with E-state index in [0.717, 1.165) is 5.56 Å². The van der Waals surface area contributed by atoms with Crippen molar-refractivity contribution in [3.63, 3.8) is 0 Å². The average Bonchev–Trinajstić information content (AvgIpc) is 2.69. The summed E-state index contributed by atoms with van der Waals surface area (Å²) < 4.78 is 17.5. The zero-order valence-corrected chi connectivity index (χ0v) is 19.3. The topological polar surface area (TPSA) is 44.8 Å². The molecule has 2 fully saturated rings. The number of carbonyl (C=O) groups is 1. The van der Waals surface area contributed by atoms with Gasteiger partial charge >= 0.3 is 5.97 Å². The number of rotatable bonds is 6. The molecule has 156 valence electrons. The highest BCUT2D eigenvalue weighted by Gasteiger charge is 2.43. The van der Waals surface area contributed by atoms with Gasteiger partial charge in [0.1, 0.15) is 6.61 Å². The fourth-order valence-corrected chi connectivity index (χ4v) is 4.87. The molecule has 0 N–H and O–H groups in total. The molecule has 0 aromatic heterocycles. The van der Waals surface area contributed by atoms with Crippen molar-refractivity contribution < 1.29 is 47.5 Å². The predicted molar refractivity (Wildman–Crippen MR) is 106 cm³/mol. The maximum absolute atomic E-state index is 12.3. The lowest BCUT2D eigenvalue weighted by Crippen LogP contribution is -3.00. The number of fused-ring (bicyclic) bond motifs is 1. The summed E-state index contributed by atoms with van der Waals surface area (Å²) in [5.74, 6) is 1.44. The third kappa shape index (κ3) is 5.20. The third-order valence-electron chi connectivity index (χ3n) is 6.28. The van der Waals surface area contributed by atoms with E-state index in [9.17, 15) is 4.79 Å². The van der Waals surface area contributed by atoms with Crippen LogP contribution in [0.3, 0.4) is 0 Å². The fraction of sp³-hybridized carbons (Fsp3) is 0.591. The van der Waals surface area contributed by atoms with Crippen molar-refractivity contribution in [1.29, 1.82) is 0 Å². The molecule has 0 radical (unpaired) electrons. The van der Waals surface area contributed by atoms with E-state index in [1.54, 1.807) is 20.3 Å². The molecule has 2 heterocycles. The largest absolute Gasteiger partial charge is 1.00 e. The average molecular weight is 501 g/mol. The summed E-state index contributed by atoms with van der Waals surface area (Å²) in [6.45, 7) is 3.06. The molecule has 0 saturated carbocycles. The number of methoxy groups -OCH3 is 2. The predicted octanol–water partition coefficient (Wildman–Crippen LogP) is 0.673. The number of hydrogen-bond donors (Lipinski definition) is 0. The molecule has 2 aliphatic rings. The van der Waals surface area contributed by atoms with Crippen molar-refractivity contribution in [3.05, 3.63) is 29.8 Å². The Balaban J connectivity index is 0.00000280. The van der Waals surface area contributed by atoms with Crippen molar-refractivity contribution in [3.8, 4) is 11.5 Å². The SMILES string of the molecule is COc1cccc(/C=C/C(=O)OC[C@@H]2CCC[N+]3(C)CCCC[C@H]23)c1OC.[I-]. The molecule has 5 nitrogen and oxygen atoms in total. The summed E-state index contributed by atoms with van der Waals surface area (Å²) >= 11 is 0.